The number of aromatic nitrogens is 6. The molecule has 134 valence electrons. The third kappa shape index (κ3) is 3.01. The number of nitrogens with zero attached hydrogens (tertiary/aromatic N) is 6. The summed E-state index contributed by atoms with van der Waals surface area (Å²) in [7, 11) is 1.57. The highest BCUT2D eigenvalue weighted by Crippen LogP contribution is 2.27. The number of hydrogen-bond donors (Lipinski definition) is 2. The monoisotopic (exact) mass is 355 g/mol. The molecule has 0 aliphatic heterocycles. The Morgan fingerprint density at radius 3 is 2.88 bits per heavy atom. The molecular weight excluding hydrogens is 338 g/mol. The number of nitrogens with one attached hydrogen (secondary N) is 1. The molecule has 3 heterocycles. The maximum atomic E-state index is 11.1. The smallest absolute Gasteiger partial charge is 0.306 e. The largest absolute Gasteiger partial charge is 0.495 e. The highest BCUT2D eigenvalue weighted by atomic mass is 16.5. The summed E-state index contributed by atoms with van der Waals surface area (Å²) < 4.78 is 6.63. The standard InChI is InChI=1S/C16H17N7O3/c1-26-11-4-5-13(17-7-11)23-14-12(21-22-23)8-18-16(20-14)19-10-3-2-9(6-10)15(24)25/h4-5,7-10H,2-3,6H2,1H3,(H,24,25)(H,18,19,20)/t9-,10-/m1/s1. The number of methoxy groups -OCH3 is 1. The van der Waals surface area contributed by atoms with Gasteiger partial charge in [-0.1, -0.05) is 5.21 Å². The van der Waals surface area contributed by atoms with E-state index < -0.39 is 5.97 Å². The summed E-state index contributed by atoms with van der Waals surface area (Å²) in [5.74, 6) is 0.560. The molecule has 0 amide bonds. The Labute approximate surface area is 148 Å². The average Bonchev–Trinajstić information content (AvgIpc) is 3.29. The minimum absolute atomic E-state index is 0.0389. The minimum Gasteiger partial charge on any atom is -0.495 e. The van der Waals surface area contributed by atoms with Gasteiger partial charge in [0.25, 0.3) is 0 Å². The molecule has 26 heavy (non-hydrogen) atoms. The van der Waals surface area contributed by atoms with E-state index in [4.69, 9.17) is 9.84 Å². The van der Waals surface area contributed by atoms with E-state index in [1.165, 1.54) is 4.68 Å². The second-order valence-electron chi connectivity index (χ2n) is 6.15. The highest BCUT2D eigenvalue weighted by molar-refractivity contribution is 5.72. The Morgan fingerprint density at radius 2 is 2.19 bits per heavy atom. The number of hydrogen-bond acceptors (Lipinski definition) is 8. The van der Waals surface area contributed by atoms with E-state index >= 15 is 0 Å². The summed E-state index contributed by atoms with van der Waals surface area (Å²) >= 11 is 0. The van der Waals surface area contributed by atoms with Crippen molar-refractivity contribution in [1.29, 1.82) is 0 Å². The third-order valence-electron chi connectivity index (χ3n) is 4.48. The second kappa shape index (κ2) is 6.54. The van der Waals surface area contributed by atoms with E-state index in [1.54, 1.807) is 31.6 Å². The lowest BCUT2D eigenvalue weighted by atomic mass is 10.1. The van der Waals surface area contributed by atoms with Crippen LogP contribution in [-0.4, -0.2) is 54.2 Å². The van der Waals surface area contributed by atoms with Gasteiger partial charge in [0.1, 0.15) is 5.75 Å². The first kappa shape index (κ1) is 16.2. The number of carboxylic acids is 1. The van der Waals surface area contributed by atoms with E-state index in [9.17, 15) is 4.79 Å². The van der Waals surface area contributed by atoms with E-state index in [0.29, 0.717) is 41.5 Å². The fourth-order valence-corrected chi connectivity index (χ4v) is 3.09. The number of anilines is 1. The number of ether oxygens (including phenoxy) is 1. The molecule has 1 saturated carbocycles. The Morgan fingerprint density at radius 1 is 1.31 bits per heavy atom. The Hall–Kier alpha value is -3.30. The highest BCUT2D eigenvalue weighted by Gasteiger charge is 2.30. The van der Waals surface area contributed by atoms with Crippen LogP contribution in [0.3, 0.4) is 0 Å². The van der Waals surface area contributed by atoms with Crippen molar-refractivity contribution in [3.63, 3.8) is 0 Å². The predicted octanol–water partition coefficient (Wildman–Crippen LogP) is 1.28. The zero-order chi connectivity index (χ0) is 18.1. The molecule has 2 N–H and O–H groups in total. The number of carboxylic acid groups (broad SMARTS) is 1. The topological polar surface area (TPSA) is 128 Å². The first-order valence-electron chi connectivity index (χ1n) is 8.22. The maximum absolute atomic E-state index is 11.1. The van der Waals surface area contributed by atoms with Gasteiger partial charge < -0.3 is 15.2 Å². The van der Waals surface area contributed by atoms with Gasteiger partial charge in [-0.15, -0.1) is 5.10 Å². The van der Waals surface area contributed by atoms with Gasteiger partial charge in [-0.05, 0) is 31.4 Å². The Kier molecular flexibility index (Phi) is 4.07. The van der Waals surface area contributed by atoms with Crippen molar-refractivity contribution in [3.05, 3.63) is 24.5 Å². The molecule has 10 heteroatoms. The molecule has 1 aliphatic rings. The lowest BCUT2D eigenvalue weighted by Gasteiger charge is -2.12. The lowest BCUT2D eigenvalue weighted by Crippen LogP contribution is -2.19. The van der Waals surface area contributed by atoms with E-state index in [-0.39, 0.29) is 12.0 Å². The van der Waals surface area contributed by atoms with Crippen LogP contribution in [0.15, 0.2) is 24.5 Å². The molecule has 0 spiro atoms. The number of pyridine rings is 1. The maximum Gasteiger partial charge on any atom is 0.306 e. The number of fused-ring (bicyclic) bond motifs is 1. The van der Waals surface area contributed by atoms with Crippen LogP contribution in [0.5, 0.6) is 5.75 Å². The molecule has 3 aromatic heterocycles. The van der Waals surface area contributed by atoms with Crippen molar-refractivity contribution in [3.8, 4) is 11.6 Å². The van der Waals surface area contributed by atoms with Gasteiger partial charge in [0, 0.05) is 6.04 Å². The van der Waals surface area contributed by atoms with Crippen LogP contribution >= 0.6 is 0 Å². The molecule has 0 unspecified atom stereocenters. The van der Waals surface area contributed by atoms with Crippen LogP contribution in [0.1, 0.15) is 19.3 Å². The van der Waals surface area contributed by atoms with E-state index in [2.05, 4.69) is 30.6 Å². The zero-order valence-electron chi connectivity index (χ0n) is 14.0. The number of rotatable bonds is 5. The molecule has 1 aliphatic carbocycles. The van der Waals surface area contributed by atoms with Crippen molar-refractivity contribution < 1.29 is 14.6 Å². The first-order chi connectivity index (χ1) is 12.6. The predicted molar refractivity (Wildman–Crippen MR) is 91.2 cm³/mol. The van der Waals surface area contributed by atoms with Crippen LogP contribution < -0.4 is 10.1 Å². The molecule has 0 saturated heterocycles. The Balaban J connectivity index is 1.59. The van der Waals surface area contributed by atoms with E-state index in [0.717, 1.165) is 6.42 Å². The third-order valence-corrected chi connectivity index (χ3v) is 4.48. The van der Waals surface area contributed by atoms with Crippen LogP contribution in [0, 0.1) is 5.92 Å². The van der Waals surface area contributed by atoms with Crippen molar-refractivity contribution in [2.75, 3.05) is 12.4 Å². The molecule has 3 aromatic rings. The van der Waals surface area contributed by atoms with Gasteiger partial charge >= 0.3 is 5.97 Å². The molecule has 1 fully saturated rings. The molecular formula is C16H17N7O3. The SMILES string of the molecule is COc1ccc(-n2nnc3cnc(N[C@@H]4CC[C@@H](C(=O)O)C4)nc32)nc1. The van der Waals surface area contributed by atoms with Crippen molar-refractivity contribution in [2.45, 2.75) is 25.3 Å². The summed E-state index contributed by atoms with van der Waals surface area (Å²) in [5, 5.41) is 20.5. The van der Waals surface area contributed by atoms with Crippen molar-refractivity contribution in [1.82, 2.24) is 29.9 Å². The summed E-state index contributed by atoms with van der Waals surface area (Å²) in [6.07, 6.45) is 5.17. The van der Waals surface area contributed by atoms with Crippen LogP contribution in [0.2, 0.25) is 0 Å². The summed E-state index contributed by atoms with van der Waals surface area (Å²) in [6, 6.07) is 3.58. The minimum atomic E-state index is -0.751. The zero-order valence-corrected chi connectivity index (χ0v) is 14.0. The quantitative estimate of drug-likeness (QED) is 0.695. The van der Waals surface area contributed by atoms with Crippen molar-refractivity contribution >= 4 is 23.1 Å². The molecule has 10 nitrogen and oxygen atoms in total. The van der Waals surface area contributed by atoms with Crippen LogP contribution in [0.25, 0.3) is 17.0 Å². The number of carbonyl (C=O) groups is 1. The van der Waals surface area contributed by atoms with Gasteiger partial charge in [-0.3, -0.25) is 4.79 Å². The first-order valence-corrected chi connectivity index (χ1v) is 8.22. The van der Waals surface area contributed by atoms with Gasteiger partial charge in [-0.2, -0.15) is 9.67 Å². The van der Waals surface area contributed by atoms with Gasteiger partial charge in [0.05, 0.1) is 25.4 Å². The molecule has 0 radical (unpaired) electrons. The molecule has 0 bridgehead atoms. The van der Waals surface area contributed by atoms with E-state index in [1.807, 2.05) is 0 Å². The fourth-order valence-electron chi connectivity index (χ4n) is 3.09. The second-order valence-corrected chi connectivity index (χ2v) is 6.15. The van der Waals surface area contributed by atoms with Crippen molar-refractivity contribution in [2.24, 2.45) is 5.92 Å². The molecule has 4 rings (SSSR count). The summed E-state index contributed by atoms with van der Waals surface area (Å²) in [4.78, 5) is 24.1. The van der Waals surface area contributed by atoms with Crippen LogP contribution in [-0.2, 0) is 4.79 Å². The van der Waals surface area contributed by atoms with Gasteiger partial charge in [0.15, 0.2) is 17.0 Å². The number of aliphatic carboxylic acids is 1. The lowest BCUT2D eigenvalue weighted by molar-refractivity contribution is -0.141. The molecule has 2 atom stereocenters. The van der Waals surface area contributed by atoms with Crippen LogP contribution in [0.4, 0.5) is 5.95 Å². The van der Waals surface area contributed by atoms with Gasteiger partial charge in [0.2, 0.25) is 5.95 Å². The summed E-state index contributed by atoms with van der Waals surface area (Å²) in [5.41, 5.74) is 1.07. The summed E-state index contributed by atoms with van der Waals surface area (Å²) in [6.45, 7) is 0. The molecule has 0 aromatic carbocycles. The average molecular weight is 355 g/mol. The van der Waals surface area contributed by atoms with Gasteiger partial charge in [-0.25, -0.2) is 9.97 Å². The fraction of sp³-hybridized carbons (Fsp3) is 0.375. The normalized spacial score (nSPS) is 19.6. The Bertz CT molecular complexity index is 941.